The molecule has 1 amide bonds. The van der Waals surface area contributed by atoms with E-state index in [1.165, 1.54) is 0 Å². The molecule has 1 rings (SSSR count). The molecular formula is C12H16Cl2N2O. The highest BCUT2D eigenvalue weighted by Gasteiger charge is 2.04. The van der Waals surface area contributed by atoms with Crippen LogP contribution in [0.2, 0.25) is 10.0 Å². The fourth-order valence-corrected chi connectivity index (χ4v) is 1.66. The number of hydrogen-bond acceptors (Lipinski definition) is 2. The second-order valence-electron chi connectivity index (χ2n) is 4.18. The maximum absolute atomic E-state index is 11.5. The van der Waals surface area contributed by atoms with Crippen LogP contribution < -0.4 is 10.6 Å². The van der Waals surface area contributed by atoms with Gasteiger partial charge in [-0.15, -0.1) is 0 Å². The van der Waals surface area contributed by atoms with Gasteiger partial charge in [0.1, 0.15) is 0 Å². The summed E-state index contributed by atoms with van der Waals surface area (Å²) in [6.45, 7) is 4.97. The maximum Gasteiger partial charge on any atom is 0.239 e. The molecule has 0 saturated carbocycles. The van der Waals surface area contributed by atoms with Gasteiger partial charge in [-0.2, -0.15) is 0 Å². The quantitative estimate of drug-likeness (QED) is 0.866. The van der Waals surface area contributed by atoms with Gasteiger partial charge in [-0.25, -0.2) is 0 Å². The molecule has 0 heterocycles. The Labute approximate surface area is 111 Å². The van der Waals surface area contributed by atoms with Crippen LogP contribution in [-0.2, 0) is 4.79 Å². The van der Waals surface area contributed by atoms with Gasteiger partial charge in [0.05, 0.1) is 17.3 Å². The normalized spacial score (nSPS) is 10.4. The molecule has 0 spiro atoms. The van der Waals surface area contributed by atoms with Crippen molar-refractivity contribution in [2.45, 2.75) is 13.8 Å². The zero-order valence-electron chi connectivity index (χ0n) is 9.89. The minimum atomic E-state index is -0.0512. The summed E-state index contributed by atoms with van der Waals surface area (Å²) in [4.78, 5) is 11.5. The first-order valence-corrected chi connectivity index (χ1v) is 6.20. The zero-order chi connectivity index (χ0) is 12.8. The first-order chi connectivity index (χ1) is 7.99. The number of hydrogen-bond donors (Lipinski definition) is 2. The van der Waals surface area contributed by atoms with E-state index in [1.54, 1.807) is 18.2 Å². The van der Waals surface area contributed by atoms with E-state index in [2.05, 4.69) is 10.6 Å². The lowest BCUT2D eigenvalue weighted by molar-refractivity contribution is -0.119. The highest BCUT2D eigenvalue weighted by molar-refractivity contribution is 6.36. The monoisotopic (exact) mass is 274 g/mol. The Balaban J connectivity index is 2.42. The van der Waals surface area contributed by atoms with E-state index in [0.29, 0.717) is 28.2 Å². The Kier molecular flexibility index (Phi) is 5.59. The van der Waals surface area contributed by atoms with Crippen LogP contribution in [0, 0.1) is 5.92 Å². The van der Waals surface area contributed by atoms with E-state index in [1.807, 2.05) is 13.8 Å². The molecule has 0 unspecified atom stereocenters. The van der Waals surface area contributed by atoms with Crippen LogP contribution in [-0.4, -0.2) is 19.0 Å². The minimum Gasteiger partial charge on any atom is -0.375 e. The highest BCUT2D eigenvalue weighted by atomic mass is 35.5. The molecule has 0 atom stereocenters. The van der Waals surface area contributed by atoms with E-state index in [9.17, 15) is 4.79 Å². The van der Waals surface area contributed by atoms with Crippen LogP contribution in [0.25, 0.3) is 0 Å². The standard InChI is InChI=1S/C12H16Cl2N2O/c1-8(2)6-16-12(17)7-15-11-4-3-9(13)5-10(11)14/h3-5,8,15H,6-7H2,1-2H3,(H,16,17). The van der Waals surface area contributed by atoms with E-state index >= 15 is 0 Å². The second-order valence-corrected chi connectivity index (χ2v) is 5.02. The number of benzene rings is 1. The van der Waals surface area contributed by atoms with Crippen LogP contribution in [0.5, 0.6) is 0 Å². The average molecular weight is 275 g/mol. The number of carbonyl (C=O) groups excluding carboxylic acids is 1. The van der Waals surface area contributed by atoms with Gasteiger partial charge in [0.25, 0.3) is 0 Å². The molecule has 94 valence electrons. The summed E-state index contributed by atoms with van der Waals surface area (Å²) >= 11 is 11.7. The number of rotatable bonds is 5. The summed E-state index contributed by atoms with van der Waals surface area (Å²) in [7, 11) is 0. The van der Waals surface area contributed by atoms with Gasteiger partial charge >= 0.3 is 0 Å². The number of halogens is 2. The van der Waals surface area contributed by atoms with Crippen molar-refractivity contribution in [2.24, 2.45) is 5.92 Å². The van der Waals surface area contributed by atoms with Crippen LogP contribution in [0.15, 0.2) is 18.2 Å². The fourth-order valence-electron chi connectivity index (χ4n) is 1.19. The predicted octanol–water partition coefficient (Wildman–Crippen LogP) is 3.18. The predicted molar refractivity (Wildman–Crippen MR) is 72.8 cm³/mol. The van der Waals surface area contributed by atoms with Gasteiger partial charge in [-0.1, -0.05) is 37.0 Å². The summed E-state index contributed by atoms with van der Waals surface area (Å²) < 4.78 is 0. The Morgan fingerprint density at radius 1 is 1.35 bits per heavy atom. The zero-order valence-corrected chi connectivity index (χ0v) is 11.4. The van der Waals surface area contributed by atoms with Crippen molar-refractivity contribution in [3.63, 3.8) is 0 Å². The third-order valence-corrected chi connectivity index (χ3v) is 2.63. The largest absolute Gasteiger partial charge is 0.375 e. The molecule has 0 aromatic heterocycles. The Morgan fingerprint density at radius 3 is 2.65 bits per heavy atom. The number of anilines is 1. The van der Waals surface area contributed by atoms with Crippen molar-refractivity contribution < 1.29 is 4.79 Å². The van der Waals surface area contributed by atoms with Crippen molar-refractivity contribution in [3.05, 3.63) is 28.2 Å². The van der Waals surface area contributed by atoms with Crippen LogP contribution in [0.1, 0.15) is 13.8 Å². The summed E-state index contributed by atoms with van der Waals surface area (Å²) in [5.41, 5.74) is 0.704. The lowest BCUT2D eigenvalue weighted by Crippen LogP contribution is -2.32. The smallest absolute Gasteiger partial charge is 0.239 e. The van der Waals surface area contributed by atoms with Crippen LogP contribution in [0.4, 0.5) is 5.69 Å². The molecule has 1 aromatic rings. The van der Waals surface area contributed by atoms with Crippen molar-refractivity contribution in [1.82, 2.24) is 5.32 Å². The molecule has 2 N–H and O–H groups in total. The molecule has 0 saturated heterocycles. The lowest BCUT2D eigenvalue weighted by Gasteiger charge is -2.10. The van der Waals surface area contributed by atoms with Crippen molar-refractivity contribution in [3.8, 4) is 0 Å². The first-order valence-electron chi connectivity index (χ1n) is 5.44. The van der Waals surface area contributed by atoms with Gasteiger partial charge in [0.2, 0.25) is 5.91 Å². The molecule has 5 heteroatoms. The molecule has 0 fully saturated rings. The van der Waals surface area contributed by atoms with E-state index in [4.69, 9.17) is 23.2 Å². The van der Waals surface area contributed by atoms with Crippen molar-refractivity contribution >= 4 is 34.8 Å². The number of carbonyl (C=O) groups is 1. The van der Waals surface area contributed by atoms with Crippen molar-refractivity contribution in [1.29, 1.82) is 0 Å². The molecule has 0 radical (unpaired) electrons. The molecule has 0 bridgehead atoms. The third kappa shape index (κ3) is 5.29. The SMILES string of the molecule is CC(C)CNC(=O)CNc1ccc(Cl)cc1Cl. The summed E-state index contributed by atoms with van der Waals surface area (Å²) in [6, 6.07) is 5.11. The summed E-state index contributed by atoms with van der Waals surface area (Å²) in [5.74, 6) is 0.391. The van der Waals surface area contributed by atoms with Crippen molar-refractivity contribution in [2.75, 3.05) is 18.4 Å². The van der Waals surface area contributed by atoms with Gasteiger partial charge in [-0.3, -0.25) is 4.79 Å². The second kappa shape index (κ2) is 6.72. The number of amides is 1. The van der Waals surface area contributed by atoms with Gasteiger partial charge in [0, 0.05) is 11.6 Å². The van der Waals surface area contributed by atoms with E-state index in [-0.39, 0.29) is 12.5 Å². The Morgan fingerprint density at radius 2 is 2.06 bits per heavy atom. The summed E-state index contributed by atoms with van der Waals surface area (Å²) in [5, 5.41) is 6.86. The van der Waals surface area contributed by atoms with Gasteiger partial charge in [-0.05, 0) is 24.1 Å². The van der Waals surface area contributed by atoms with Gasteiger partial charge < -0.3 is 10.6 Å². The first kappa shape index (κ1) is 14.1. The molecule has 0 aliphatic heterocycles. The molecule has 1 aromatic carbocycles. The highest BCUT2D eigenvalue weighted by Crippen LogP contribution is 2.24. The molecule has 0 aliphatic carbocycles. The molecular weight excluding hydrogens is 259 g/mol. The third-order valence-electron chi connectivity index (χ3n) is 2.08. The van der Waals surface area contributed by atoms with Crippen LogP contribution >= 0.6 is 23.2 Å². The lowest BCUT2D eigenvalue weighted by atomic mass is 10.2. The average Bonchev–Trinajstić information content (AvgIpc) is 2.25. The van der Waals surface area contributed by atoms with Crippen LogP contribution in [0.3, 0.4) is 0 Å². The minimum absolute atomic E-state index is 0.0512. The van der Waals surface area contributed by atoms with E-state index in [0.717, 1.165) is 0 Å². The molecule has 3 nitrogen and oxygen atoms in total. The fraction of sp³-hybridized carbons (Fsp3) is 0.417. The number of nitrogens with one attached hydrogen (secondary N) is 2. The Bertz CT molecular complexity index is 394. The summed E-state index contributed by atoms with van der Waals surface area (Å²) in [6.07, 6.45) is 0. The topological polar surface area (TPSA) is 41.1 Å². The Hall–Kier alpha value is -0.930. The van der Waals surface area contributed by atoms with Gasteiger partial charge in [0.15, 0.2) is 0 Å². The molecule has 17 heavy (non-hydrogen) atoms. The maximum atomic E-state index is 11.5. The molecule has 0 aliphatic rings. The van der Waals surface area contributed by atoms with E-state index < -0.39 is 0 Å².